The first kappa shape index (κ1) is 10.8. The monoisotopic (exact) mass is 230 g/mol. The summed E-state index contributed by atoms with van der Waals surface area (Å²) in [6.45, 7) is 2.04. The molecule has 0 radical (unpaired) electrons. The van der Waals surface area contributed by atoms with Crippen LogP contribution in [-0.4, -0.2) is 11.1 Å². The summed E-state index contributed by atoms with van der Waals surface area (Å²) in [6.07, 6.45) is 5.67. The summed E-state index contributed by atoms with van der Waals surface area (Å²) in [4.78, 5) is 11.4. The molecule has 0 heterocycles. The maximum absolute atomic E-state index is 11.4. The van der Waals surface area contributed by atoms with E-state index in [1.807, 2.05) is 6.92 Å². The standard InChI is InChI=1S/C15H18O2/c1-10-4-5-13-11(8-10)12(14(16)17)9-15(13)6-2-3-7-15/h4-5,8,12H,2-3,6-7,9H2,1H3,(H,16,17). The second-order valence-corrected chi connectivity index (χ2v) is 5.67. The fraction of sp³-hybridized carbons (Fsp3) is 0.533. The SMILES string of the molecule is Cc1ccc2c(c1)C(C(=O)O)CC21CCCC1. The molecule has 1 spiro atoms. The minimum absolute atomic E-state index is 0.187. The minimum Gasteiger partial charge on any atom is -0.481 e. The Labute approximate surface area is 102 Å². The zero-order valence-electron chi connectivity index (χ0n) is 10.2. The number of hydrogen-bond acceptors (Lipinski definition) is 1. The van der Waals surface area contributed by atoms with Gasteiger partial charge in [-0.05, 0) is 42.7 Å². The zero-order valence-corrected chi connectivity index (χ0v) is 10.2. The lowest BCUT2D eigenvalue weighted by Crippen LogP contribution is -2.19. The van der Waals surface area contributed by atoms with Gasteiger partial charge in [0.1, 0.15) is 0 Å². The van der Waals surface area contributed by atoms with Gasteiger partial charge in [0.2, 0.25) is 0 Å². The Bertz CT molecular complexity index is 470. The number of carbonyl (C=O) groups is 1. The van der Waals surface area contributed by atoms with Gasteiger partial charge >= 0.3 is 5.97 Å². The first-order chi connectivity index (χ1) is 8.12. The van der Waals surface area contributed by atoms with Crippen molar-refractivity contribution in [3.8, 4) is 0 Å². The van der Waals surface area contributed by atoms with E-state index in [9.17, 15) is 9.90 Å². The van der Waals surface area contributed by atoms with E-state index in [1.54, 1.807) is 0 Å². The van der Waals surface area contributed by atoms with Crippen molar-refractivity contribution in [2.75, 3.05) is 0 Å². The van der Waals surface area contributed by atoms with Crippen LogP contribution in [0.3, 0.4) is 0 Å². The van der Waals surface area contributed by atoms with Crippen molar-refractivity contribution < 1.29 is 9.90 Å². The molecule has 0 saturated heterocycles. The zero-order chi connectivity index (χ0) is 12.0. The summed E-state index contributed by atoms with van der Waals surface area (Å²) < 4.78 is 0. The van der Waals surface area contributed by atoms with E-state index in [4.69, 9.17) is 0 Å². The fourth-order valence-corrected chi connectivity index (χ4v) is 3.81. The molecule has 1 unspecified atom stereocenters. The largest absolute Gasteiger partial charge is 0.481 e. The lowest BCUT2D eigenvalue weighted by atomic mass is 9.80. The van der Waals surface area contributed by atoms with Crippen LogP contribution < -0.4 is 0 Å². The van der Waals surface area contributed by atoms with Gasteiger partial charge in [-0.15, -0.1) is 0 Å². The molecule has 0 aromatic heterocycles. The van der Waals surface area contributed by atoms with Crippen LogP contribution in [0.5, 0.6) is 0 Å². The van der Waals surface area contributed by atoms with Crippen LogP contribution in [0.2, 0.25) is 0 Å². The number of hydrogen-bond donors (Lipinski definition) is 1. The number of aliphatic carboxylic acids is 1. The predicted octanol–water partition coefficient (Wildman–Crippen LogP) is 3.38. The Balaban J connectivity index is 2.14. The molecule has 2 aliphatic carbocycles. The Morgan fingerprint density at radius 2 is 2.06 bits per heavy atom. The highest BCUT2D eigenvalue weighted by atomic mass is 16.4. The molecule has 2 nitrogen and oxygen atoms in total. The summed E-state index contributed by atoms with van der Waals surface area (Å²) in [5.41, 5.74) is 3.77. The van der Waals surface area contributed by atoms with E-state index in [1.165, 1.54) is 36.8 Å². The maximum Gasteiger partial charge on any atom is 0.311 e. The fourth-order valence-electron chi connectivity index (χ4n) is 3.81. The average molecular weight is 230 g/mol. The summed E-state index contributed by atoms with van der Waals surface area (Å²) in [7, 11) is 0. The first-order valence-corrected chi connectivity index (χ1v) is 6.46. The van der Waals surface area contributed by atoms with Crippen molar-refractivity contribution >= 4 is 5.97 Å². The molecule has 17 heavy (non-hydrogen) atoms. The molecule has 0 amide bonds. The van der Waals surface area contributed by atoms with Crippen molar-refractivity contribution in [3.05, 3.63) is 34.9 Å². The Hall–Kier alpha value is -1.31. The number of carboxylic acid groups (broad SMARTS) is 1. The van der Waals surface area contributed by atoms with Gasteiger partial charge in [-0.2, -0.15) is 0 Å². The molecule has 90 valence electrons. The van der Waals surface area contributed by atoms with E-state index in [0.29, 0.717) is 0 Å². The highest BCUT2D eigenvalue weighted by molar-refractivity contribution is 5.79. The Kier molecular flexibility index (Phi) is 2.29. The normalized spacial score (nSPS) is 25.1. The van der Waals surface area contributed by atoms with Crippen LogP contribution in [0.15, 0.2) is 18.2 Å². The molecular weight excluding hydrogens is 212 g/mol. The lowest BCUT2D eigenvalue weighted by Gasteiger charge is -2.24. The van der Waals surface area contributed by atoms with Gasteiger partial charge in [0, 0.05) is 0 Å². The molecule has 2 aliphatic rings. The van der Waals surface area contributed by atoms with Gasteiger partial charge in [-0.25, -0.2) is 0 Å². The number of carboxylic acids is 1. The van der Waals surface area contributed by atoms with Crippen LogP contribution in [0.25, 0.3) is 0 Å². The molecular formula is C15H18O2. The van der Waals surface area contributed by atoms with Gasteiger partial charge in [0.15, 0.2) is 0 Å². The lowest BCUT2D eigenvalue weighted by molar-refractivity contribution is -0.139. The van der Waals surface area contributed by atoms with Gasteiger partial charge in [0.25, 0.3) is 0 Å². The molecule has 1 aromatic rings. The third kappa shape index (κ3) is 1.50. The number of fused-ring (bicyclic) bond motifs is 2. The van der Waals surface area contributed by atoms with Gasteiger partial charge < -0.3 is 5.11 Å². The van der Waals surface area contributed by atoms with E-state index in [0.717, 1.165) is 12.0 Å². The van der Waals surface area contributed by atoms with Crippen molar-refractivity contribution in [1.29, 1.82) is 0 Å². The Morgan fingerprint density at radius 1 is 1.35 bits per heavy atom. The van der Waals surface area contributed by atoms with Crippen LogP contribution in [0.4, 0.5) is 0 Å². The number of rotatable bonds is 1. The highest BCUT2D eigenvalue weighted by Crippen LogP contribution is 2.54. The molecule has 0 aliphatic heterocycles. The van der Waals surface area contributed by atoms with E-state index in [2.05, 4.69) is 18.2 Å². The third-order valence-corrected chi connectivity index (χ3v) is 4.61. The molecule has 1 fully saturated rings. The van der Waals surface area contributed by atoms with Gasteiger partial charge in [0.05, 0.1) is 5.92 Å². The smallest absolute Gasteiger partial charge is 0.311 e. The third-order valence-electron chi connectivity index (χ3n) is 4.61. The van der Waals surface area contributed by atoms with Gasteiger partial charge in [-0.1, -0.05) is 36.6 Å². The topological polar surface area (TPSA) is 37.3 Å². The molecule has 1 N–H and O–H groups in total. The van der Waals surface area contributed by atoms with E-state index < -0.39 is 5.97 Å². The van der Waals surface area contributed by atoms with Crippen molar-refractivity contribution in [2.24, 2.45) is 0 Å². The summed E-state index contributed by atoms with van der Waals surface area (Å²) in [6, 6.07) is 6.39. The maximum atomic E-state index is 11.4. The minimum atomic E-state index is -0.652. The molecule has 1 atom stereocenters. The van der Waals surface area contributed by atoms with Crippen LogP contribution in [-0.2, 0) is 10.2 Å². The molecule has 2 heteroatoms. The molecule has 1 aromatic carbocycles. The average Bonchev–Trinajstić information content (AvgIpc) is 2.86. The predicted molar refractivity (Wildman–Crippen MR) is 66.3 cm³/mol. The first-order valence-electron chi connectivity index (χ1n) is 6.46. The van der Waals surface area contributed by atoms with Crippen molar-refractivity contribution in [2.45, 2.75) is 50.4 Å². The van der Waals surface area contributed by atoms with Crippen LogP contribution in [0.1, 0.15) is 54.7 Å². The summed E-state index contributed by atoms with van der Waals surface area (Å²) in [5, 5.41) is 9.39. The molecule has 3 rings (SSSR count). The van der Waals surface area contributed by atoms with E-state index >= 15 is 0 Å². The van der Waals surface area contributed by atoms with Crippen molar-refractivity contribution in [3.63, 3.8) is 0 Å². The quantitative estimate of drug-likeness (QED) is 0.803. The second-order valence-electron chi connectivity index (χ2n) is 5.67. The number of benzene rings is 1. The molecule has 1 saturated carbocycles. The molecule has 0 bridgehead atoms. The Morgan fingerprint density at radius 3 is 2.71 bits per heavy atom. The van der Waals surface area contributed by atoms with Crippen LogP contribution in [0, 0.1) is 6.92 Å². The summed E-state index contributed by atoms with van der Waals surface area (Å²) in [5.74, 6) is -0.927. The number of aryl methyl sites for hydroxylation is 1. The van der Waals surface area contributed by atoms with Crippen molar-refractivity contribution in [1.82, 2.24) is 0 Å². The highest BCUT2D eigenvalue weighted by Gasteiger charge is 2.47. The summed E-state index contributed by atoms with van der Waals surface area (Å²) >= 11 is 0. The van der Waals surface area contributed by atoms with Gasteiger partial charge in [-0.3, -0.25) is 4.79 Å². The van der Waals surface area contributed by atoms with Crippen LogP contribution >= 0.6 is 0 Å². The van der Waals surface area contributed by atoms with E-state index in [-0.39, 0.29) is 11.3 Å². The second kappa shape index (κ2) is 3.59.